The zero-order chi connectivity index (χ0) is 92.9. The maximum atomic E-state index is 2.36. The second-order valence-electron chi connectivity index (χ2n) is 34.2. The SMILES string of the molecule is C(=Cc1c(C=Cc2ccc(C=C(c3ccccc3)c3ccccc3)cc2)c(/C=C/c2ccc(C=C(c3ccccc3)c3ccccc3)cc2)c(/C=C/c2ccc(C=C(c3ccccc3)c3ccccc3)cc2)c(C=Cc2ccc(C=C(c3ccccc3)c3ccccc3)cc2)c1/C=C/c1ccc(C=C(c2ccccc2)c2ccccc2)cc1)c1ccc(C=C(c2ccccc2)c2ccccc2)cc1. The lowest BCUT2D eigenvalue weighted by Crippen LogP contribution is -2.01. The summed E-state index contributed by atoms with van der Waals surface area (Å²) in [5, 5.41) is 0. The Bertz CT molecular complexity index is 6190. The van der Waals surface area contributed by atoms with Gasteiger partial charge in [0.2, 0.25) is 0 Å². The predicted molar refractivity (Wildman–Crippen MR) is 598 cm³/mol. The summed E-state index contributed by atoms with van der Waals surface area (Å²) < 4.78 is 0. The van der Waals surface area contributed by atoms with Gasteiger partial charge in [0.25, 0.3) is 0 Å². The highest BCUT2D eigenvalue weighted by Crippen LogP contribution is 2.41. The molecular weight excluding hydrogens is 1660 g/mol. The number of hydrogen-bond acceptors (Lipinski definition) is 0. The first-order chi connectivity index (χ1) is 68.4. The Morgan fingerprint density at radius 2 is 0.174 bits per heavy atom. The van der Waals surface area contributed by atoms with Crippen molar-refractivity contribution in [3.63, 3.8) is 0 Å². The molecule has 0 saturated carbocycles. The van der Waals surface area contributed by atoms with E-state index < -0.39 is 0 Å². The largest absolute Gasteiger partial charge is 0.0622 e. The number of benzene rings is 19. The molecule has 0 aromatic heterocycles. The van der Waals surface area contributed by atoms with Crippen molar-refractivity contribution in [2.24, 2.45) is 0 Å². The Morgan fingerprint density at radius 1 is 0.0870 bits per heavy atom. The number of rotatable bonds is 30. The molecule has 19 aromatic rings. The molecule has 0 radical (unpaired) electrons. The van der Waals surface area contributed by atoms with Gasteiger partial charge in [0.05, 0.1) is 0 Å². The van der Waals surface area contributed by atoms with E-state index in [0.29, 0.717) is 0 Å². The van der Waals surface area contributed by atoms with Crippen molar-refractivity contribution >= 4 is 143 Å². The van der Waals surface area contributed by atoms with Gasteiger partial charge in [-0.1, -0.05) is 582 Å². The second-order valence-corrected chi connectivity index (χ2v) is 34.2. The summed E-state index contributed by atoms with van der Waals surface area (Å²) >= 11 is 0. The van der Waals surface area contributed by atoms with Gasteiger partial charge in [-0.2, -0.15) is 0 Å². The first-order valence-electron chi connectivity index (χ1n) is 47.3. The first-order valence-corrected chi connectivity index (χ1v) is 47.3. The van der Waals surface area contributed by atoms with Gasteiger partial charge in [-0.25, -0.2) is 0 Å². The summed E-state index contributed by atoms with van der Waals surface area (Å²) in [6.07, 6.45) is 41.8. The average Bonchev–Trinajstić information content (AvgIpc) is 0.757. The van der Waals surface area contributed by atoms with Crippen LogP contribution in [0.15, 0.2) is 510 Å². The fraction of sp³-hybridized carbons (Fsp3) is 0. The highest BCUT2D eigenvalue weighted by atomic mass is 14.2. The van der Waals surface area contributed by atoms with Gasteiger partial charge >= 0.3 is 0 Å². The minimum atomic E-state index is 1.02. The second kappa shape index (κ2) is 45.0. The van der Waals surface area contributed by atoms with Gasteiger partial charge in [0.1, 0.15) is 0 Å². The quantitative estimate of drug-likeness (QED) is 0.0394. The summed E-state index contributed by atoms with van der Waals surface area (Å²) in [6, 6.07) is 182. The lowest BCUT2D eigenvalue weighted by atomic mass is 9.83. The van der Waals surface area contributed by atoms with Crippen LogP contribution in [0.3, 0.4) is 0 Å². The third kappa shape index (κ3) is 23.2. The first kappa shape index (κ1) is 89.3. The summed E-state index contributed by atoms with van der Waals surface area (Å²) in [5.74, 6) is 0. The Morgan fingerprint density at radius 3 is 0.268 bits per heavy atom. The fourth-order valence-corrected chi connectivity index (χ4v) is 17.7. The molecule has 0 saturated heterocycles. The Labute approximate surface area is 813 Å². The van der Waals surface area contributed by atoms with Gasteiger partial charge < -0.3 is 0 Å². The summed E-state index contributed by atoms with van der Waals surface area (Å²) in [4.78, 5) is 0. The number of hydrogen-bond donors (Lipinski definition) is 0. The van der Waals surface area contributed by atoms with Crippen LogP contribution < -0.4 is 0 Å². The van der Waals surface area contributed by atoms with Gasteiger partial charge in [-0.3, -0.25) is 0 Å². The van der Waals surface area contributed by atoms with Crippen molar-refractivity contribution in [1.82, 2.24) is 0 Å². The van der Waals surface area contributed by atoms with Crippen molar-refractivity contribution in [2.45, 2.75) is 0 Å². The van der Waals surface area contributed by atoms with E-state index in [4.69, 9.17) is 0 Å². The van der Waals surface area contributed by atoms with E-state index in [0.717, 1.165) is 200 Å². The zero-order valence-electron chi connectivity index (χ0n) is 76.9. The molecule has 0 nitrogen and oxygen atoms in total. The Hall–Kier alpha value is -17.9. The molecular formula is C138H102. The van der Waals surface area contributed by atoms with Crippen LogP contribution >= 0.6 is 0 Å². The molecule has 0 N–H and O–H groups in total. The van der Waals surface area contributed by atoms with Crippen LogP contribution in [-0.4, -0.2) is 0 Å². The molecule has 0 atom stereocenters. The van der Waals surface area contributed by atoms with Crippen molar-refractivity contribution < 1.29 is 0 Å². The summed E-state index contributed by atoms with van der Waals surface area (Å²) in [6.45, 7) is 0. The van der Waals surface area contributed by atoms with Crippen LogP contribution in [-0.2, 0) is 0 Å². The van der Waals surface area contributed by atoms with Gasteiger partial charge in [-0.05, 0) is 237 Å². The van der Waals surface area contributed by atoms with Gasteiger partial charge in [-0.15, -0.1) is 0 Å². The third-order valence-electron chi connectivity index (χ3n) is 24.9. The van der Waals surface area contributed by atoms with Gasteiger partial charge in [0.15, 0.2) is 0 Å². The van der Waals surface area contributed by atoms with Crippen LogP contribution in [0.2, 0.25) is 0 Å². The van der Waals surface area contributed by atoms with Crippen LogP contribution in [0.1, 0.15) is 167 Å². The molecule has 0 unspecified atom stereocenters. The zero-order valence-corrected chi connectivity index (χ0v) is 76.9. The van der Waals surface area contributed by atoms with E-state index in [1.807, 2.05) is 0 Å². The van der Waals surface area contributed by atoms with E-state index in [1.54, 1.807) is 0 Å². The molecule has 0 aliphatic heterocycles. The Kier molecular flexibility index (Phi) is 29.1. The predicted octanol–water partition coefficient (Wildman–Crippen LogP) is 36.2. The average molecular weight is 1760 g/mol. The highest BCUT2D eigenvalue weighted by molar-refractivity contribution is 6.02. The molecule has 0 amide bonds. The molecule has 0 heterocycles. The van der Waals surface area contributed by atoms with E-state index in [2.05, 4.69) is 619 Å². The van der Waals surface area contributed by atoms with Crippen LogP contribution in [0.5, 0.6) is 0 Å². The molecule has 0 bridgehead atoms. The Balaban J connectivity index is 0.843. The standard InChI is InChI=1S/C138H102/c1-13-37-115(38-14-1)133(116-39-15-2-16-40-116)97-109-73-61-103(62-74-109)85-91-127-128(92-86-104-63-75-110(76-64-104)98-134(117-41-17-3-18-42-117)118-43-19-4-20-44-118)130(94-88-106-67-79-112(80-68-106)100-136(121-49-25-7-26-50-121)122-51-27-8-28-52-122)132(96-90-108-71-83-114(84-72-108)102-138(125-57-33-11-34-58-125)126-59-35-12-36-60-126)131(95-89-107-69-81-113(82-70-107)101-137(123-53-29-9-30-54-123)124-55-31-10-32-56-124)129(127)93-87-105-65-77-111(78-66-105)99-135(119-45-21-5-22-46-119)120-47-23-6-24-48-120/h1-102H/b91-85+,92-86+,93-87?,94-88?,95-89+,96-90?. The third-order valence-corrected chi connectivity index (χ3v) is 24.9. The molecule has 19 rings (SSSR count). The normalized spacial score (nSPS) is 11.3. The van der Waals surface area contributed by atoms with E-state index in [-0.39, 0.29) is 0 Å². The lowest BCUT2D eigenvalue weighted by Gasteiger charge is -2.20. The monoisotopic (exact) mass is 1760 g/mol. The summed E-state index contributed by atoms with van der Waals surface area (Å²) in [5.41, 5.74) is 39.8. The lowest BCUT2D eigenvalue weighted by molar-refractivity contribution is 1.48. The molecule has 19 aromatic carbocycles. The van der Waals surface area contributed by atoms with Crippen molar-refractivity contribution in [3.05, 3.63) is 676 Å². The maximum absolute atomic E-state index is 2.36. The molecule has 654 valence electrons. The van der Waals surface area contributed by atoms with E-state index in [9.17, 15) is 0 Å². The molecule has 0 heteroatoms. The minimum Gasteiger partial charge on any atom is -0.0622 e. The van der Waals surface area contributed by atoms with Crippen LogP contribution in [0, 0.1) is 0 Å². The van der Waals surface area contributed by atoms with Gasteiger partial charge in [0, 0.05) is 0 Å². The topological polar surface area (TPSA) is 0 Å². The van der Waals surface area contributed by atoms with E-state index >= 15 is 0 Å². The molecule has 138 heavy (non-hydrogen) atoms. The van der Waals surface area contributed by atoms with E-state index in [1.165, 1.54) is 0 Å². The van der Waals surface area contributed by atoms with Crippen molar-refractivity contribution in [1.29, 1.82) is 0 Å². The molecule has 0 aliphatic rings. The van der Waals surface area contributed by atoms with Crippen molar-refractivity contribution in [3.8, 4) is 0 Å². The van der Waals surface area contributed by atoms with Crippen LogP contribution in [0.25, 0.3) is 143 Å². The molecule has 0 aliphatic carbocycles. The highest BCUT2D eigenvalue weighted by Gasteiger charge is 2.20. The summed E-state index contributed by atoms with van der Waals surface area (Å²) in [7, 11) is 0. The molecule has 0 spiro atoms. The fourth-order valence-electron chi connectivity index (χ4n) is 17.7. The maximum Gasteiger partial charge on any atom is -0.00987 e. The molecule has 0 fully saturated rings. The minimum absolute atomic E-state index is 1.02. The van der Waals surface area contributed by atoms with Crippen LogP contribution in [0.4, 0.5) is 0 Å². The van der Waals surface area contributed by atoms with Crippen molar-refractivity contribution in [2.75, 3.05) is 0 Å². The smallest absolute Gasteiger partial charge is 0.00987 e.